The summed E-state index contributed by atoms with van der Waals surface area (Å²) >= 11 is 3.33. The zero-order valence-corrected chi connectivity index (χ0v) is 15.2. The molecule has 0 saturated carbocycles. The summed E-state index contributed by atoms with van der Waals surface area (Å²) in [5, 5.41) is 16.4. The summed E-state index contributed by atoms with van der Waals surface area (Å²) in [5.41, 5.74) is 2.71. The Kier molecular flexibility index (Phi) is 5.36. The number of anilines is 2. The zero-order valence-electron chi connectivity index (χ0n) is 13.6. The molecule has 0 atom stereocenters. The third-order valence-corrected chi connectivity index (χ3v) is 4.20. The average molecular weight is 397 g/mol. The van der Waals surface area contributed by atoms with Crippen LogP contribution in [0.15, 0.2) is 82.4 Å². The van der Waals surface area contributed by atoms with Gasteiger partial charge in [0.15, 0.2) is 11.5 Å². The molecule has 0 amide bonds. The zero-order chi connectivity index (χ0) is 17.6. The molecule has 0 aliphatic carbocycles. The van der Waals surface area contributed by atoms with Gasteiger partial charge in [-0.15, -0.1) is 0 Å². The number of methoxy groups -OCH3 is 1. The van der Waals surface area contributed by atoms with Crippen LogP contribution < -0.4 is 9.75 Å². The Labute approximate surface area is 155 Å². The molecule has 3 rings (SSSR count). The molecule has 0 bridgehead atoms. The van der Waals surface area contributed by atoms with Crippen LogP contribution in [0.4, 0.5) is 11.4 Å². The minimum atomic E-state index is 0.0719. The van der Waals surface area contributed by atoms with Crippen molar-refractivity contribution in [3.63, 3.8) is 0 Å². The molecule has 3 aromatic rings. The molecule has 25 heavy (non-hydrogen) atoms. The molecule has 0 unspecified atom stereocenters. The highest BCUT2D eigenvalue weighted by atomic mass is 79.9. The van der Waals surface area contributed by atoms with Crippen LogP contribution in [0.5, 0.6) is 11.5 Å². The number of hydrazone groups is 1. The second kappa shape index (κ2) is 7.85. The van der Waals surface area contributed by atoms with E-state index in [1.165, 1.54) is 7.11 Å². The Hall–Kier alpha value is -2.79. The van der Waals surface area contributed by atoms with Gasteiger partial charge < -0.3 is 9.84 Å². The normalized spacial score (nSPS) is 10.8. The molecule has 0 fully saturated rings. The van der Waals surface area contributed by atoms with Crippen molar-refractivity contribution in [2.45, 2.75) is 0 Å². The van der Waals surface area contributed by atoms with Crippen molar-refractivity contribution in [2.24, 2.45) is 5.10 Å². The molecule has 0 aromatic heterocycles. The van der Waals surface area contributed by atoms with E-state index in [1.807, 2.05) is 65.7 Å². The lowest BCUT2D eigenvalue weighted by Gasteiger charge is -2.19. The smallest absolute Gasteiger partial charge is 0.172 e. The molecule has 0 aliphatic rings. The quantitative estimate of drug-likeness (QED) is 0.467. The highest BCUT2D eigenvalue weighted by Gasteiger charge is 2.09. The summed E-state index contributed by atoms with van der Waals surface area (Å²) in [7, 11) is 1.52. The third-order valence-electron chi connectivity index (χ3n) is 3.59. The summed E-state index contributed by atoms with van der Waals surface area (Å²) < 4.78 is 5.74. The number of benzene rings is 3. The van der Waals surface area contributed by atoms with Gasteiger partial charge in [0.05, 0.1) is 29.2 Å². The van der Waals surface area contributed by atoms with Crippen LogP contribution in [0, 0.1) is 0 Å². The fourth-order valence-corrected chi connectivity index (χ4v) is 2.83. The molecule has 4 nitrogen and oxygen atoms in total. The van der Waals surface area contributed by atoms with E-state index in [1.54, 1.807) is 18.3 Å². The van der Waals surface area contributed by atoms with E-state index in [0.29, 0.717) is 10.2 Å². The minimum absolute atomic E-state index is 0.0719. The summed E-state index contributed by atoms with van der Waals surface area (Å²) in [6.45, 7) is 0. The van der Waals surface area contributed by atoms with Crippen LogP contribution in [0.3, 0.4) is 0 Å². The van der Waals surface area contributed by atoms with Gasteiger partial charge in [-0.05, 0) is 57.9 Å². The predicted molar refractivity (Wildman–Crippen MR) is 105 cm³/mol. The number of nitrogens with zero attached hydrogens (tertiary/aromatic N) is 2. The highest BCUT2D eigenvalue weighted by Crippen LogP contribution is 2.35. The Balaban J connectivity index is 1.99. The SMILES string of the molecule is COc1cc(C=NN(c2ccccc2)c2ccccc2)cc(Br)c1O. The van der Waals surface area contributed by atoms with Gasteiger partial charge in [0.2, 0.25) is 0 Å². The van der Waals surface area contributed by atoms with Crippen molar-refractivity contribution in [1.29, 1.82) is 0 Å². The lowest BCUT2D eigenvalue weighted by atomic mass is 10.2. The minimum Gasteiger partial charge on any atom is -0.503 e. The van der Waals surface area contributed by atoms with E-state index >= 15 is 0 Å². The fraction of sp³-hybridized carbons (Fsp3) is 0.0500. The fourth-order valence-electron chi connectivity index (χ4n) is 2.37. The number of hydrogen-bond acceptors (Lipinski definition) is 4. The molecule has 0 heterocycles. The number of hydrogen-bond donors (Lipinski definition) is 1. The van der Waals surface area contributed by atoms with Crippen LogP contribution in [-0.4, -0.2) is 18.4 Å². The standard InChI is InChI=1S/C20H17BrN2O2/c1-25-19-13-15(12-18(21)20(19)24)14-22-23(16-8-4-2-5-9-16)17-10-6-3-7-11-17/h2-14,24H,1H3. The maximum absolute atomic E-state index is 9.93. The second-order valence-electron chi connectivity index (χ2n) is 5.28. The molecule has 0 spiro atoms. The van der Waals surface area contributed by atoms with Crippen LogP contribution in [0.25, 0.3) is 0 Å². The highest BCUT2D eigenvalue weighted by molar-refractivity contribution is 9.10. The Bertz CT molecular complexity index is 828. The van der Waals surface area contributed by atoms with E-state index in [2.05, 4.69) is 21.0 Å². The number of phenolic OH excluding ortho intramolecular Hbond substituents is 1. The molecular formula is C20H17BrN2O2. The number of rotatable bonds is 5. The van der Waals surface area contributed by atoms with Crippen molar-refractivity contribution in [3.8, 4) is 11.5 Å². The number of aromatic hydroxyl groups is 1. The first-order valence-electron chi connectivity index (χ1n) is 7.70. The van der Waals surface area contributed by atoms with Crippen LogP contribution in [-0.2, 0) is 0 Å². The number of phenols is 1. The van der Waals surface area contributed by atoms with Gasteiger partial charge in [-0.2, -0.15) is 5.10 Å². The Morgan fingerprint density at radius 3 is 2.04 bits per heavy atom. The van der Waals surface area contributed by atoms with Crippen LogP contribution >= 0.6 is 15.9 Å². The van der Waals surface area contributed by atoms with E-state index in [9.17, 15) is 5.11 Å². The van der Waals surface area contributed by atoms with Gasteiger partial charge in [0.25, 0.3) is 0 Å². The summed E-state index contributed by atoms with van der Waals surface area (Å²) in [6, 6.07) is 23.3. The second-order valence-corrected chi connectivity index (χ2v) is 6.14. The van der Waals surface area contributed by atoms with Crippen LogP contribution in [0.2, 0.25) is 0 Å². The van der Waals surface area contributed by atoms with Gasteiger partial charge in [-0.1, -0.05) is 36.4 Å². The molecule has 3 aromatic carbocycles. The number of para-hydroxylation sites is 2. The molecule has 1 N–H and O–H groups in total. The van der Waals surface area contributed by atoms with Crippen molar-refractivity contribution < 1.29 is 9.84 Å². The predicted octanol–water partition coefficient (Wildman–Crippen LogP) is 5.34. The first-order valence-corrected chi connectivity index (χ1v) is 8.49. The van der Waals surface area contributed by atoms with E-state index in [4.69, 9.17) is 4.74 Å². The van der Waals surface area contributed by atoms with Crippen molar-refractivity contribution >= 4 is 33.5 Å². The van der Waals surface area contributed by atoms with E-state index in [0.717, 1.165) is 16.9 Å². The summed E-state index contributed by atoms with van der Waals surface area (Å²) in [6.07, 6.45) is 1.73. The molecule has 0 saturated heterocycles. The van der Waals surface area contributed by atoms with Crippen molar-refractivity contribution in [3.05, 3.63) is 82.8 Å². The topological polar surface area (TPSA) is 45.1 Å². The summed E-state index contributed by atoms with van der Waals surface area (Å²) in [5.74, 6) is 0.462. The average Bonchev–Trinajstić information content (AvgIpc) is 2.66. The maximum Gasteiger partial charge on any atom is 0.172 e. The first-order chi connectivity index (χ1) is 12.2. The van der Waals surface area contributed by atoms with Crippen molar-refractivity contribution in [1.82, 2.24) is 0 Å². The van der Waals surface area contributed by atoms with Gasteiger partial charge in [0, 0.05) is 0 Å². The van der Waals surface area contributed by atoms with Gasteiger partial charge >= 0.3 is 0 Å². The van der Waals surface area contributed by atoms with E-state index in [-0.39, 0.29) is 5.75 Å². The molecule has 126 valence electrons. The van der Waals surface area contributed by atoms with Crippen molar-refractivity contribution in [2.75, 3.05) is 12.1 Å². The largest absolute Gasteiger partial charge is 0.503 e. The lowest BCUT2D eigenvalue weighted by Crippen LogP contribution is -2.09. The molecule has 0 radical (unpaired) electrons. The van der Waals surface area contributed by atoms with E-state index < -0.39 is 0 Å². The molecule has 0 aliphatic heterocycles. The Morgan fingerprint density at radius 1 is 0.960 bits per heavy atom. The Morgan fingerprint density at radius 2 is 1.52 bits per heavy atom. The van der Waals surface area contributed by atoms with Gasteiger partial charge in [0.1, 0.15) is 0 Å². The first kappa shape index (κ1) is 17.0. The monoisotopic (exact) mass is 396 g/mol. The number of halogens is 1. The lowest BCUT2D eigenvalue weighted by molar-refractivity contribution is 0.372. The van der Waals surface area contributed by atoms with Crippen LogP contribution in [0.1, 0.15) is 5.56 Å². The maximum atomic E-state index is 9.93. The summed E-state index contributed by atoms with van der Waals surface area (Å²) in [4.78, 5) is 0. The molecular weight excluding hydrogens is 380 g/mol. The number of ether oxygens (including phenoxy) is 1. The third kappa shape index (κ3) is 4.00. The van der Waals surface area contributed by atoms with Gasteiger partial charge in [-0.3, -0.25) is 0 Å². The van der Waals surface area contributed by atoms with Gasteiger partial charge in [-0.25, -0.2) is 5.01 Å². The molecule has 5 heteroatoms.